The standard InChI is InChI=1S/C12H17Br3O6/c1-6(13)10(16)19-4-9(21-12(18)8(3)15)5-20-11(17)7(2)14/h6-9H,4-5H2,1-3H3. The summed E-state index contributed by atoms with van der Waals surface area (Å²) in [6.45, 7) is 4.43. The summed E-state index contributed by atoms with van der Waals surface area (Å²) in [4.78, 5) is 32.8. The molecule has 0 saturated heterocycles. The highest BCUT2D eigenvalue weighted by atomic mass is 79.9. The molecule has 21 heavy (non-hydrogen) atoms. The summed E-state index contributed by atoms with van der Waals surface area (Å²) in [6, 6.07) is 0. The van der Waals surface area contributed by atoms with E-state index < -0.39 is 38.5 Å². The zero-order valence-electron chi connectivity index (χ0n) is 11.8. The molecule has 6 nitrogen and oxygen atoms in total. The van der Waals surface area contributed by atoms with E-state index >= 15 is 0 Å². The van der Waals surface area contributed by atoms with Crippen molar-refractivity contribution in [2.24, 2.45) is 0 Å². The Morgan fingerprint density at radius 2 is 1.10 bits per heavy atom. The molecule has 0 aromatic carbocycles. The van der Waals surface area contributed by atoms with Crippen LogP contribution in [0.1, 0.15) is 20.8 Å². The lowest BCUT2D eigenvalue weighted by Crippen LogP contribution is -2.34. The largest absolute Gasteiger partial charge is 0.461 e. The maximum absolute atomic E-state index is 11.5. The van der Waals surface area contributed by atoms with Gasteiger partial charge in [-0.2, -0.15) is 0 Å². The first-order valence-corrected chi connectivity index (χ1v) is 8.85. The third kappa shape index (κ3) is 9.46. The average Bonchev–Trinajstić information content (AvgIpc) is 2.40. The van der Waals surface area contributed by atoms with E-state index in [1.165, 1.54) is 0 Å². The molecule has 122 valence electrons. The SMILES string of the molecule is CC(Br)C(=O)OCC(COC(=O)C(C)Br)OC(=O)C(C)Br. The van der Waals surface area contributed by atoms with Crippen LogP contribution in [0, 0.1) is 0 Å². The molecule has 0 saturated carbocycles. The van der Waals surface area contributed by atoms with Gasteiger partial charge in [0.2, 0.25) is 0 Å². The van der Waals surface area contributed by atoms with Gasteiger partial charge in [-0.05, 0) is 20.8 Å². The minimum atomic E-state index is -0.858. The Hall–Kier alpha value is -0.150. The lowest BCUT2D eigenvalue weighted by atomic mass is 10.3. The quantitative estimate of drug-likeness (QED) is 0.291. The van der Waals surface area contributed by atoms with E-state index in [4.69, 9.17) is 14.2 Å². The zero-order chi connectivity index (χ0) is 16.6. The van der Waals surface area contributed by atoms with Crippen molar-refractivity contribution < 1.29 is 28.6 Å². The summed E-state index contributed by atoms with van der Waals surface area (Å²) in [5, 5.41) is 0. The lowest BCUT2D eigenvalue weighted by molar-refractivity contribution is -0.165. The number of hydrogen-bond donors (Lipinski definition) is 0. The van der Waals surface area contributed by atoms with Crippen molar-refractivity contribution in [1.82, 2.24) is 0 Å². The van der Waals surface area contributed by atoms with Crippen molar-refractivity contribution in [3.8, 4) is 0 Å². The molecule has 0 aromatic rings. The minimum absolute atomic E-state index is 0.190. The molecule has 0 aromatic heterocycles. The summed E-state index contributed by atoms with van der Waals surface area (Å²) in [5.41, 5.74) is 0. The van der Waals surface area contributed by atoms with Gasteiger partial charge in [-0.15, -0.1) is 0 Å². The highest BCUT2D eigenvalue weighted by Crippen LogP contribution is 2.08. The fourth-order valence-corrected chi connectivity index (χ4v) is 1.33. The van der Waals surface area contributed by atoms with Crippen LogP contribution in [-0.4, -0.2) is 51.7 Å². The van der Waals surface area contributed by atoms with Crippen molar-refractivity contribution in [1.29, 1.82) is 0 Å². The second-order valence-electron chi connectivity index (χ2n) is 4.17. The molecule has 0 aliphatic heterocycles. The molecule has 3 unspecified atom stereocenters. The number of rotatable bonds is 8. The second kappa shape index (κ2) is 10.6. The van der Waals surface area contributed by atoms with Crippen molar-refractivity contribution in [3.63, 3.8) is 0 Å². The Balaban J connectivity index is 4.50. The second-order valence-corrected chi connectivity index (χ2v) is 8.29. The van der Waals surface area contributed by atoms with Crippen LogP contribution >= 0.6 is 47.8 Å². The molecule has 0 fully saturated rings. The molecule has 0 heterocycles. The maximum Gasteiger partial charge on any atom is 0.319 e. The van der Waals surface area contributed by atoms with E-state index in [0.717, 1.165) is 0 Å². The third-order valence-electron chi connectivity index (χ3n) is 2.08. The third-order valence-corrected chi connectivity index (χ3v) is 3.20. The molecule has 0 bridgehead atoms. The van der Waals surface area contributed by atoms with Gasteiger partial charge in [0, 0.05) is 0 Å². The molecular weight excluding hydrogens is 480 g/mol. The van der Waals surface area contributed by atoms with Gasteiger partial charge in [-0.25, -0.2) is 0 Å². The predicted molar refractivity (Wildman–Crippen MR) is 87.0 cm³/mol. The van der Waals surface area contributed by atoms with E-state index in [1.807, 2.05) is 0 Å². The van der Waals surface area contributed by atoms with Gasteiger partial charge in [-0.3, -0.25) is 14.4 Å². The van der Waals surface area contributed by atoms with Crippen molar-refractivity contribution in [2.45, 2.75) is 41.4 Å². The summed E-state index contributed by atoms with van der Waals surface area (Å²) < 4.78 is 15.0. The molecule has 3 atom stereocenters. The molecule has 0 aliphatic carbocycles. The van der Waals surface area contributed by atoms with Gasteiger partial charge in [0.05, 0.1) is 0 Å². The van der Waals surface area contributed by atoms with Gasteiger partial charge in [0.1, 0.15) is 27.7 Å². The van der Waals surface area contributed by atoms with E-state index in [2.05, 4.69) is 47.8 Å². The summed E-state index contributed by atoms with van der Waals surface area (Å²) in [6.07, 6.45) is -0.858. The number of carbonyl (C=O) groups is 3. The van der Waals surface area contributed by atoms with E-state index in [-0.39, 0.29) is 13.2 Å². The molecular formula is C12H17Br3O6. The van der Waals surface area contributed by atoms with Gasteiger partial charge in [-0.1, -0.05) is 47.8 Å². The van der Waals surface area contributed by atoms with Gasteiger partial charge >= 0.3 is 17.9 Å². The Morgan fingerprint density at radius 3 is 1.38 bits per heavy atom. The fraction of sp³-hybridized carbons (Fsp3) is 0.750. The van der Waals surface area contributed by atoms with Gasteiger partial charge < -0.3 is 14.2 Å². The maximum atomic E-state index is 11.5. The average molecular weight is 497 g/mol. The van der Waals surface area contributed by atoms with Crippen molar-refractivity contribution in [2.75, 3.05) is 13.2 Å². The lowest BCUT2D eigenvalue weighted by Gasteiger charge is -2.19. The van der Waals surface area contributed by atoms with Crippen LogP contribution in [0.15, 0.2) is 0 Å². The monoisotopic (exact) mass is 494 g/mol. The topological polar surface area (TPSA) is 78.9 Å². The number of alkyl halides is 3. The summed E-state index contributed by atoms with van der Waals surface area (Å²) in [5.74, 6) is -1.53. The van der Waals surface area contributed by atoms with Crippen LogP contribution in [0.5, 0.6) is 0 Å². The highest BCUT2D eigenvalue weighted by Gasteiger charge is 2.23. The van der Waals surface area contributed by atoms with E-state index in [9.17, 15) is 14.4 Å². The summed E-state index contributed by atoms with van der Waals surface area (Å²) >= 11 is 9.20. The van der Waals surface area contributed by atoms with Crippen LogP contribution < -0.4 is 0 Å². The molecule has 0 rings (SSSR count). The zero-order valence-corrected chi connectivity index (χ0v) is 16.6. The first kappa shape index (κ1) is 20.9. The van der Waals surface area contributed by atoms with Crippen LogP contribution in [0.3, 0.4) is 0 Å². The number of carbonyl (C=O) groups excluding carboxylic acids is 3. The van der Waals surface area contributed by atoms with E-state index in [1.54, 1.807) is 20.8 Å². The first-order chi connectivity index (χ1) is 9.65. The molecule has 0 spiro atoms. The summed E-state index contributed by atoms with van der Waals surface area (Å²) in [7, 11) is 0. The Kier molecular flexibility index (Phi) is 10.5. The van der Waals surface area contributed by atoms with Crippen molar-refractivity contribution >= 4 is 65.7 Å². The Bertz CT molecular complexity index is 346. The fourth-order valence-electron chi connectivity index (χ4n) is 0.954. The van der Waals surface area contributed by atoms with Crippen LogP contribution in [0.25, 0.3) is 0 Å². The normalized spacial score (nSPS) is 16.3. The van der Waals surface area contributed by atoms with Crippen LogP contribution in [0.4, 0.5) is 0 Å². The first-order valence-electron chi connectivity index (χ1n) is 6.11. The van der Waals surface area contributed by atoms with Crippen molar-refractivity contribution in [3.05, 3.63) is 0 Å². The Labute approximate surface area is 148 Å². The number of halogens is 3. The molecule has 0 radical (unpaired) electrons. The van der Waals surface area contributed by atoms with Crippen LogP contribution in [-0.2, 0) is 28.6 Å². The predicted octanol–water partition coefficient (Wildman–Crippen LogP) is 2.33. The molecule has 0 aliphatic rings. The Morgan fingerprint density at radius 1 is 0.762 bits per heavy atom. The van der Waals surface area contributed by atoms with E-state index in [0.29, 0.717) is 0 Å². The molecule has 0 amide bonds. The number of hydrogen-bond acceptors (Lipinski definition) is 6. The van der Waals surface area contributed by atoms with Crippen LogP contribution in [0.2, 0.25) is 0 Å². The van der Waals surface area contributed by atoms with Gasteiger partial charge in [0.15, 0.2) is 6.10 Å². The highest BCUT2D eigenvalue weighted by molar-refractivity contribution is 9.10. The molecule has 9 heteroatoms. The molecule has 0 N–H and O–H groups in total. The smallest absolute Gasteiger partial charge is 0.319 e. The number of ether oxygens (including phenoxy) is 3. The number of esters is 3. The minimum Gasteiger partial charge on any atom is -0.461 e. The van der Waals surface area contributed by atoms with Gasteiger partial charge in [0.25, 0.3) is 0 Å².